The van der Waals surface area contributed by atoms with Crippen molar-refractivity contribution >= 4 is 17.5 Å². The van der Waals surface area contributed by atoms with Crippen molar-refractivity contribution in [3.05, 3.63) is 0 Å². The van der Waals surface area contributed by atoms with E-state index in [9.17, 15) is 4.79 Å². The number of fused-ring (bicyclic) bond motifs is 1. The van der Waals surface area contributed by atoms with Crippen LogP contribution in [0.3, 0.4) is 0 Å². The molecule has 14 heavy (non-hydrogen) atoms. The van der Waals surface area contributed by atoms with Crippen LogP contribution in [0.25, 0.3) is 0 Å². The lowest BCUT2D eigenvalue weighted by atomic mass is 10.0. The molecule has 3 atom stereocenters. The third kappa shape index (κ3) is 1.77. The molecule has 2 fully saturated rings. The fourth-order valence-corrected chi connectivity index (χ4v) is 2.73. The number of carbonyl (C=O) groups excluding carboxylic acids is 1. The highest BCUT2D eigenvalue weighted by Crippen LogP contribution is 2.54. The van der Waals surface area contributed by atoms with Gasteiger partial charge in [0.25, 0.3) is 0 Å². The summed E-state index contributed by atoms with van der Waals surface area (Å²) in [6.07, 6.45) is 3.63. The Kier molecular flexibility index (Phi) is 2.74. The largest absolute Gasteiger partial charge is 0.342 e. The molecule has 0 radical (unpaired) electrons. The smallest absolute Gasteiger partial charge is 0.225 e. The van der Waals surface area contributed by atoms with E-state index in [2.05, 4.69) is 0 Å². The number of hydrogen-bond acceptors (Lipinski definition) is 1. The number of rotatable bonds is 3. The van der Waals surface area contributed by atoms with Gasteiger partial charge in [-0.25, -0.2) is 0 Å². The molecule has 0 aromatic carbocycles. The third-order valence-corrected chi connectivity index (χ3v) is 4.27. The van der Waals surface area contributed by atoms with Crippen LogP contribution in [0.2, 0.25) is 0 Å². The van der Waals surface area contributed by atoms with Crippen LogP contribution >= 0.6 is 11.6 Å². The molecule has 2 saturated carbocycles. The minimum atomic E-state index is 0.168. The highest BCUT2D eigenvalue weighted by molar-refractivity contribution is 6.18. The molecule has 0 saturated heterocycles. The number of carbonyl (C=O) groups is 1. The lowest BCUT2D eigenvalue weighted by Gasteiger charge is -2.26. The van der Waals surface area contributed by atoms with Gasteiger partial charge in [-0.15, -0.1) is 11.6 Å². The Hall–Kier alpha value is -0.240. The number of alkyl halides is 1. The monoisotopic (exact) mass is 215 g/mol. The van der Waals surface area contributed by atoms with Crippen molar-refractivity contribution in [2.75, 3.05) is 12.9 Å². The zero-order valence-electron chi connectivity index (χ0n) is 8.87. The van der Waals surface area contributed by atoms with Gasteiger partial charge < -0.3 is 4.90 Å². The standard InChI is InChI=1S/C11H18ClNO/c1-7(6-12)13(2)11(14)10-4-8-3-9(8)5-10/h7-10H,3-6H2,1-2H3. The van der Waals surface area contributed by atoms with Gasteiger partial charge in [0.05, 0.1) is 0 Å². The van der Waals surface area contributed by atoms with E-state index in [1.807, 2.05) is 18.9 Å². The van der Waals surface area contributed by atoms with E-state index < -0.39 is 0 Å². The van der Waals surface area contributed by atoms with E-state index in [0.717, 1.165) is 24.7 Å². The minimum Gasteiger partial charge on any atom is -0.342 e. The molecule has 2 aliphatic rings. The van der Waals surface area contributed by atoms with Crippen LogP contribution in [0.1, 0.15) is 26.2 Å². The van der Waals surface area contributed by atoms with Crippen LogP contribution in [-0.2, 0) is 4.79 Å². The lowest BCUT2D eigenvalue weighted by Crippen LogP contribution is -2.39. The van der Waals surface area contributed by atoms with E-state index >= 15 is 0 Å². The molecule has 80 valence electrons. The summed E-state index contributed by atoms with van der Waals surface area (Å²) in [5.41, 5.74) is 0. The molecule has 0 heterocycles. The van der Waals surface area contributed by atoms with Crippen molar-refractivity contribution in [2.24, 2.45) is 17.8 Å². The van der Waals surface area contributed by atoms with Crippen molar-refractivity contribution in [3.63, 3.8) is 0 Å². The average Bonchev–Trinajstić information content (AvgIpc) is 2.82. The molecule has 3 unspecified atom stereocenters. The SMILES string of the molecule is CC(CCl)N(C)C(=O)C1CC2CC2C1. The first-order valence-electron chi connectivity index (χ1n) is 5.46. The number of hydrogen-bond donors (Lipinski definition) is 0. The summed E-state index contributed by atoms with van der Waals surface area (Å²) in [5, 5.41) is 0. The normalized spacial score (nSPS) is 36.4. The molecule has 0 N–H and O–H groups in total. The van der Waals surface area contributed by atoms with Gasteiger partial charge in [0.15, 0.2) is 0 Å². The summed E-state index contributed by atoms with van der Waals surface area (Å²) in [4.78, 5) is 13.8. The Bertz CT molecular complexity index is 229. The summed E-state index contributed by atoms with van der Waals surface area (Å²) >= 11 is 5.74. The highest BCUT2D eigenvalue weighted by atomic mass is 35.5. The minimum absolute atomic E-state index is 0.168. The highest BCUT2D eigenvalue weighted by Gasteiger charge is 2.48. The molecule has 2 nitrogen and oxygen atoms in total. The molecule has 2 rings (SSSR count). The van der Waals surface area contributed by atoms with Crippen molar-refractivity contribution in [1.82, 2.24) is 4.90 Å². The summed E-state index contributed by atoms with van der Waals surface area (Å²) < 4.78 is 0. The van der Waals surface area contributed by atoms with Crippen LogP contribution in [-0.4, -0.2) is 29.8 Å². The lowest BCUT2D eigenvalue weighted by molar-refractivity contribution is -0.135. The molecular formula is C11H18ClNO. The first kappa shape index (κ1) is 10.3. The maximum atomic E-state index is 12.0. The predicted molar refractivity (Wildman–Crippen MR) is 57.3 cm³/mol. The molecule has 0 spiro atoms. The van der Waals surface area contributed by atoms with Gasteiger partial charge in [-0.2, -0.15) is 0 Å². The van der Waals surface area contributed by atoms with Gasteiger partial charge in [0, 0.05) is 24.9 Å². The Morgan fingerprint density at radius 2 is 2.00 bits per heavy atom. The van der Waals surface area contributed by atoms with E-state index in [-0.39, 0.29) is 6.04 Å². The summed E-state index contributed by atoms with van der Waals surface area (Å²) in [6, 6.07) is 0.168. The first-order valence-corrected chi connectivity index (χ1v) is 5.99. The van der Waals surface area contributed by atoms with E-state index in [1.165, 1.54) is 6.42 Å². The van der Waals surface area contributed by atoms with Gasteiger partial charge in [-0.05, 0) is 38.0 Å². The maximum Gasteiger partial charge on any atom is 0.225 e. The van der Waals surface area contributed by atoms with E-state index in [1.54, 1.807) is 0 Å². The first-order chi connectivity index (χ1) is 6.63. The Morgan fingerprint density at radius 1 is 1.43 bits per heavy atom. The van der Waals surface area contributed by atoms with Crippen molar-refractivity contribution in [2.45, 2.75) is 32.2 Å². The molecule has 0 aromatic rings. The van der Waals surface area contributed by atoms with Gasteiger partial charge in [0.2, 0.25) is 5.91 Å². The van der Waals surface area contributed by atoms with Crippen molar-refractivity contribution in [1.29, 1.82) is 0 Å². The Balaban J connectivity index is 1.88. The topological polar surface area (TPSA) is 20.3 Å². The number of halogens is 1. The van der Waals surface area contributed by atoms with Gasteiger partial charge in [-0.1, -0.05) is 0 Å². The average molecular weight is 216 g/mol. The zero-order valence-corrected chi connectivity index (χ0v) is 9.63. The molecule has 3 heteroatoms. The molecule has 0 bridgehead atoms. The summed E-state index contributed by atoms with van der Waals surface area (Å²) in [6.45, 7) is 2.00. The zero-order chi connectivity index (χ0) is 10.3. The Labute approximate surface area is 90.6 Å². The van der Waals surface area contributed by atoms with Crippen LogP contribution in [0, 0.1) is 17.8 Å². The second-order valence-corrected chi connectivity index (χ2v) is 5.19. The van der Waals surface area contributed by atoms with Crippen LogP contribution in [0.15, 0.2) is 0 Å². The predicted octanol–water partition coefficient (Wildman–Crippen LogP) is 2.12. The number of nitrogens with zero attached hydrogens (tertiary/aromatic N) is 1. The van der Waals surface area contributed by atoms with Gasteiger partial charge in [0.1, 0.15) is 0 Å². The quantitative estimate of drug-likeness (QED) is 0.661. The van der Waals surface area contributed by atoms with Crippen LogP contribution in [0.4, 0.5) is 0 Å². The molecule has 0 aliphatic heterocycles. The second-order valence-electron chi connectivity index (χ2n) is 4.88. The Morgan fingerprint density at radius 3 is 2.50 bits per heavy atom. The van der Waals surface area contributed by atoms with Crippen LogP contribution in [0.5, 0.6) is 0 Å². The fraction of sp³-hybridized carbons (Fsp3) is 0.909. The third-order valence-electron chi connectivity index (χ3n) is 3.82. The van der Waals surface area contributed by atoms with Crippen LogP contribution < -0.4 is 0 Å². The molecular weight excluding hydrogens is 198 g/mol. The van der Waals surface area contributed by atoms with Crippen molar-refractivity contribution < 1.29 is 4.79 Å². The van der Waals surface area contributed by atoms with E-state index in [0.29, 0.717) is 17.7 Å². The van der Waals surface area contributed by atoms with E-state index in [4.69, 9.17) is 11.6 Å². The number of amides is 1. The summed E-state index contributed by atoms with van der Waals surface area (Å²) in [5.74, 6) is 2.90. The summed E-state index contributed by atoms with van der Waals surface area (Å²) in [7, 11) is 1.87. The molecule has 1 amide bonds. The van der Waals surface area contributed by atoms with Gasteiger partial charge >= 0.3 is 0 Å². The second kappa shape index (κ2) is 3.73. The van der Waals surface area contributed by atoms with Gasteiger partial charge in [-0.3, -0.25) is 4.79 Å². The molecule has 2 aliphatic carbocycles. The van der Waals surface area contributed by atoms with Crippen molar-refractivity contribution in [3.8, 4) is 0 Å². The maximum absolute atomic E-state index is 12.0. The molecule has 0 aromatic heterocycles. The fourth-order valence-electron chi connectivity index (χ4n) is 2.53.